The van der Waals surface area contributed by atoms with Crippen LogP contribution in [-0.4, -0.2) is 0 Å². The summed E-state index contributed by atoms with van der Waals surface area (Å²) in [6.07, 6.45) is 1.37. The molecule has 0 heterocycles. The molecule has 0 rings (SSSR count). The van der Waals surface area contributed by atoms with Crippen LogP contribution >= 0.6 is 58.0 Å². The SMILES string of the molecule is C=C(Cl)C(=C)Cl.C=CC(Cl)=C(Cl)Cl. The quantitative estimate of drug-likeness (QED) is 0.582. The van der Waals surface area contributed by atoms with Crippen LogP contribution in [0.2, 0.25) is 0 Å². The predicted octanol–water partition coefficient (Wildman–Crippen LogP) is 5.55. The summed E-state index contributed by atoms with van der Waals surface area (Å²) >= 11 is 26.0. The van der Waals surface area contributed by atoms with E-state index in [4.69, 9.17) is 58.0 Å². The molecule has 74 valence electrons. The fraction of sp³-hybridized carbons (Fsp3) is 0. The van der Waals surface area contributed by atoms with Gasteiger partial charge in [0, 0.05) is 0 Å². The summed E-state index contributed by atoms with van der Waals surface area (Å²) in [4.78, 5) is 0. The molecule has 0 aliphatic rings. The Kier molecular flexibility index (Phi) is 11.0. The van der Waals surface area contributed by atoms with Gasteiger partial charge in [0.15, 0.2) is 0 Å². The summed E-state index contributed by atoms with van der Waals surface area (Å²) in [5.41, 5.74) is 0. The van der Waals surface area contributed by atoms with Crippen molar-refractivity contribution in [3.63, 3.8) is 0 Å². The van der Waals surface area contributed by atoms with Crippen LogP contribution in [0.15, 0.2) is 45.4 Å². The number of rotatable bonds is 2. The van der Waals surface area contributed by atoms with Gasteiger partial charge < -0.3 is 0 Å². The Morgan fingerprint density at radius 1 is 0.846 bits per heavy atom. The first-order valence-corrected chi connectivity index (χ1v) is 4.74. The molecule has 0 saturated heterocycles. The smallest absolute Gasteiger partial charge is 0.0975 e. The number of allylic oxidation sites excluding steroid dienone is 4. The van der Waals surface area contributed by atoms with Crippen molar-refractivity contribution in [3.8, 4) is 0 Å². The van der Waals surface area contributed by atoms with Gasteiger partial charge >= 0.3 is 0 Å². The van der Waals surface area contributed by atoms with Crippen molar-refractivity contribution < 1.29 is 0 Å². The largest absolute Gasteiger partial charge is 0.125 e. The van der Waals surface area contributed by atoms with Gasteiger partial charge in [-0.2, -0.15) is 0 Å². The Morgan fingerprint density at radius 2 is 1.15 bits per heavy atom. The van der Waals surface area contributed by atoms with E-state index in [1.165, 1.54) is 6.08 Å². The van der Waals surface area contributed by atoms with Crippen molar-refractivity contribution in [3.05, 3.63) is 45.4 Å². The van der Waals surface area contributed by atoms with Crippen molar-refractivity contribution >= 4 is 58.0 Å². The van der Waals surface area contributed by atoms with E-state index in [0.717, 1.165) is 0 Å². The predicted molar refractivity (Wildman–Crippen MR) is 64.8 cm³/mol. The van der Waals surface area contributed by atoms with Crippen LogP contribution in [0.5, 0.6) is 0 Å². The second-order valence-corrected chi connectivity index (χ2v) is 3.89. The second-order valence-electron chi connectivity index (χ2n) is 1.62. The van der Waals surface area contributed by atoms with E-state index in [-0.39, 0.29) is 9.52 Å². The van der Waals surface area contributed by atoms with Crippen LogP contribution in [0.4, 0.5) is 0 Å². The molecule has 0 aromatic heterocycles. The molecular formula is C8H7Cl5. The van der Waals surface area contributed by atoms with Gasteiger partial charge in [0.25, 0.3) is 0 Å². The monoisotopic (exact) mass is 278 g/mol. The van der Waals surface area contributed by atoms with E-state index in [0.29, 0.717) is 10.1 Å². The normalized spacial score (nSPS) is 7.77. The van der Waals surface area contributed by atoms with Crippen LogP contribution in [0.25, 0.3) is 0 Å². The molecular weight excluding hydrogens is 273 g/mol. The van der Waals surface area contributed by atoms with E-state index >= 15 is 0 Å². The molecule has 0 radical (unpaired) electrons. The maximum atomic E-state index is 5.30. The highest BCUT2D eigenvalue weighted by molar-refractivity contribution is 6.59. The van der Waals surface area contributed by atoms with Crippen LogP contribution in [0.1, 0.15) is 0 Å². The highest BCUT2D eigenvalue weighted by atomic mass is 35.5. The van der Waals surface area contributed by atoms with Crippen molar-refractivity contribution in [1.82, 2.24) is 0 Å². The van der Waals surface area contributed by atoms with Gasteiger partial charge in [-0.25, -0.2) is 0 Å². The first-order chi connectivity index (χ1) is 5.82. The molecule has 0 saturated carbocycles. The van der Waals surface area contributed by atoms with Crippen LogP contribution in [0, 0.1) is 0 Å². The van der Waals surface area contributed by atoms with Crippen molar-refractivity contribution in [2.75, 3.05) is 0 Å². The summed E-state index contributed by atoms with van der Waals surface area (Å²) in [7, 11) is 0. The molecule has 0 aromatic rings. The Hall–Kier alpha value is 0.410. The average molecular weight is 280 g/mol. The fourth-order valence-electron chi connectivity index (χ4n) is 0.0772. The lowest BCUT2D eigenvalue weighted by Crippen LogP contribution is -1.57. The average Bonchev–Trinajstić information content (AvgIpc) is 2.03. The zero-order chi connectivity index (χ0) is 11.0. The number of hydrogen-bond acceptors (Lipinski definition) is 0. The fourth-order valence-corrected chi connectivity index (χ4v) is 0.231. The van der Waals surface area contributed by atoms with Gasteiger partial charge in [0.05, 0.1) is 15.1 Å². The molecule has 0 aliphatic heterocycles. The highest BCUT2D eigenvalue weighted by Gasteiger charge is 1.88. The highest BCUT2D eigenvalue weighted by Crippen LogP contribution is 2.17. The van der Waals surface area contributed by atoms with Gasteiger partial charge in [0.2, 0.25) is 0 Å². The number of halogens is 5. The van der Waals surface area contributed by atoms with Gasteiger partial charge in [-0.3, -0.25) is 0 Å². The molecule has 0 fully saturated rings. The van der Waals surface area contributed by atoms with E-state index < -0.39 is 0 Å². The lowest BCUT2D eigenvalue weighted by Gasteiger charge is -1.81. The van der Waals surface area contributed by atoms with Gasteiger partial charge in [-0.1, -0.05) is 77.7 Å². The Morgan fingerprint density at radius 3 is 1.15 bits per heavy atom. The minimum absolute atomic E-state index is 0.0525. The lowest BCUT2D eigenvalue weighted by molar-refractivity contribution is 1.94. The maximum Gasteiger partial charge on any atom is 0.125 e. The first-order valence-electron chi connectivity index (χ1n) is 2.85. The van der Waals surface area contributed by atoms with Gasteiger partial charge in [-0.15, -0.1) is 0 Å². The van der Waals surface area contributed by atoms with Crippen molar-refractivity contribution in [2.45, 2.75) is 0 Å². The van der Waals surface area contributed by atoms with E-state index in [1.54, 1.807) is 0 Å². The summed E-state index contributed by atoms with van der Waals surface area (Å²) in [5.74, 6) is 0. The summed E-state index contributed by atoms with van der Waals surface area (Å²) in [6.45, 7) is 9.90. The standard InChI is InChI=1S/C4H3Cl3.C4H4Cl2/c1-2-3(5)4(6)7;1-3(5)4(2)6/h2H,1H2;1-2H2. The minimum Gasteiger partial charge on any atom is -0.0975 e. The molecule has 13 heavy (non-hydrogen) atoms. The summed E-state index contributed by atoms with van der Waals surface area (Å²) in [5, 5.41) is 0.886. The van der Waals surface area contributed by atoms with E-state index in [2.05, 4.69) is 19.7 Å². The van der Waals surface area contributed by atoms with Gasteiger partial charge in [0.1, 0.15) is 4.49 Å². The molecule has 0 aliphatic carbocycles. The molecule has 0 bridgehead atoms. The molecule has 0 aromatic carbocycles. The zero-order valence-corrected chi connectivity index (χ0v) is 10.4. The van der Waals surface area contributed by atoms with Gasteiger partial charge in [-0.05, 0) is 6.08 Å². The van der Waals surface area contributed by atoms with Crippen molar-refractivity contribution in [2.24, 2.45) is 0 Å². The number of hydrogen-bond donors (Lipinski definition) is 0. The Balaban J connectivity index is 0. The molecule has 5 heteroatoms. The third kappa shape index (κ3) is 12.4. The maximum absolute atomic E-state index is 5.30. The molecule has 0 nitrogen and oxygen atoms in total. The minimum atomic E-state index is 0.0525. The Labute approximate surface area is 103 Å². The van der Waals surface area contributed by atoms with Crippen molar-refractivity contribution in [1.29, 1.82) is 0 Å². The van der Waals surface area contributed by atoms with E-state index in [1.807, 2.05) is 0 Å². The molecule has 0 amide bonds. The molecule has 0 atom stereocenters. The molecule has 0 N–H and O–H groups in total. The summed E-state index contributed by atoms with van der Waals surface area (Å²) < 4.78 is 0.0525. The first kappa shape index (κ1) is 15.9. The van der Waals surface area contributed by atoms with Crippen LogP contribution in [-0.2, 0) is 0 Å². The van der Waals surface area contributed by atoms with Crippen LogP contribution in [0.3, 0.4) is 0 Å². The van der Waals surface area contributed by atoms with Crippen LogP contribution < -0.4 is 0 Å². The lowest BCUT2D eigenvalue weighted by atomic mass is 10.6. The second kappa shape index (κ2) is 8.98. The third-order valence-electron chi connectivity index (χ3n) is 0.654. The molecule has 0 spiro atoms. The third-order valence-corrected chi connectivity index (χ3v) is 2.15. The molecule has 0 unspecified atom stereocenters. The van der Waals surface area contributed by atoms with E-state index in [9.17, 15) is 0 Å². The Bertz CT molecular complexity index is 223. The summed E-state index contributed by atoms with van der Waals surface area (Å²) in [6, 6.07) is 0. The topological polar surface area (TPSA) is 0 Å². The zero-order valence-electron chi connectivity index (χ0n) is 6.59.